The SMILES string of the molecule is COc1cccc(OC)c1C(=O)Nc1ccccc1C(=O)N[C@@H](C)c1ccccc1. The van der Waals surface area contributed by atoms with Gasteiger partial charge in [0.15, 0.2) is 0 Å². The fourth-order valence-electron chi connectivity index (χ4n) is 3.15. The van der Waals surface area contributed by atoms with Gasteiger partial charge in [0.05, 0.1) is 31.5 Å². The highest BCUT2D eigenvalue weighted by molar-refractivity contribution is 6.11. The molecule has 0 radical (unpaired) electrons. The summed E-state index contributed by atoms with van der Waals surface area (Å²) in [7, 11) is 2.97. The summed E-state index contributed by atoms with van der Waals surface area (Å²) in [6, 6.07) is 21.4. The zero-order valence-electron chi connectivity index (χ0n) is 17.1. The Morgan fingerprint density at radius 2 is 1.37 bits per heavy atom. The van der Waals surface area contributed by atoms with Gasteiger partial charge in [-0.25, -0.2) is 0 Å². The molecule has 3 rings (SSSR count). The number of para-hydroxylation sites is 1. The van der Waals surface area contributed by atoms with Gasteiger partial charge in [0, 0.05) is 0 Å². The average molecular weight is 404 g/mol. The van der Waals surface area contributed by atoms with Gasteiger partial charge in [-0.05, 0) is 36.8 Å². The molecule has 30 heavy (non-hydrogen) atoms. The van der Waals surface area contributed by atoms with Crippen LogP contribution in [0.3, 0.4) is 0 Å². The number of benzene rings is 3. The van der Waals surface area contributed by atoms with E-state index in [0.717, 1.165) is 5.56 Å². The van der Waals surface area contributed by atoms with Crippen molar-refractivity contribution in [1.82, 2.24) is 5.32 Å². The Morgan fingerprint density at radius 1 is 0.767 bits per heavy atom. The number of hydrogen-bond acceptors (Lipinski definition) is 4. The number of carbonyl (C=O) groups is 2. The second kappa shape index (κ2) is 9.60. The van der Waals surface area contributed by atoms with Crippen molar-refractivity contribution in [3.05, 3.63) is 89.5 Å². The van der Waals surface area contributed by atoms with Crippen LogP contribution in [0, 0.1) is 0 Å². The Kier molecular flexibility index (Phi) is 6.70. The van der Waals surface area contributed by atoms with E-state index in [1.54, 1.807) is 42.5 Å². The third-order valence-electron chi connectivity index (χ3n) is 4.72. The quantitative estimate of drug-likeness (QED) is 0.610. The Hall–Kier alpha value is -3.80. The maximum Gasteiger partial charge on any atom is 0.263 e. The minimum atomic E-state index is -0.430. The van der Waals surface area contributed by atoms with Crippen molar-refractivity contribution in [2.45, 2.75) is 13.0 Å². The second-order valence-corrected chi connectivity index (χ2v) is 6.64. The van der Waals surface area contributed by atoms with E-state index in [1.165, 1.54) is 14.2 Å². The van der Waals surface area contributed by atoms with E-state index in [-0.39, 0.29) is 17.5 Å². The van der Waals surface area contributed by atoms with Gasteiger partial charge in [-0.3, -0.25) is 9.59 Å². The van der Waals surface area contributed by atoms with Gasteiger partial charge in [0.25, 0.3) is 11.8 Å². The van der Waals surface area contributed by atoms with Gasteiger partial charge in [-0.2, -0.15) is 0 Å². The lowest BCUT2D eigenvalue weighted by atomic mass is 10.1. The van der Waals surface area contributed by atoms with Crippen molar-refractivity contribution >= 4 is 17.5 Å². The van der Waals surface area contributed by atoms with Crippen molar-refractivity contribution in [3.63, 3.8) is 0 Å². The molecule has 0 bridgehead atoms. The van der Waals surface area contributed by atoms with Crippen LogP contribution in [-0.4, -0.2) is 26.0 Å². The molecule has 0 saturated heterocycles. The summed E-state index contributed by atoms with van der Waals surface area (Å²) in [5.41, 5.74) is 2.01. The van der Waals surface area contributed by atoms with Gasteiger partial charge >= 0.3 is 0 Å². The Bertz CT molecular complexity index is 1010. The maximum atomic E-state index is 13.0. The lowest BCUT2D eigenvalue weighted by molar-refractivity contribution is 0.0940. The summed E-state index contributed by atoms with van der Waals surface area (Å²) in [5.74, 6) is 0.0490. The number of amides is 2. The molecule has 3 aromatic carbocycles. The van der Waals surface area contributed by atoms with Crippen LogP contribution in [0.25, 0.3) is 0 Å². The molecule has 0 unspecified atom stereocenters. The second-order valence-electron chi connectivity index (χ2n) is 6.64. The van der Waals surface area contributed by atoms with Crippen molar-refractivity contribution in [2.24, 2.45) is 0 Å². The first-order chi connectivity index (χ1) is 14.5. The molecule has 0 aliphatic carbocycles. The molecule has 0 aliphatic heterocycles. The first kappa shape index (κ1) is 20.9. The van der Waals surface area contributed by atoms with Crippen LogP contribution in [0.5, 0.6) is 11.5 Å². The van der Waals surface area contributed by atoms with Crippen LogP contribution in [0.2, 0.25) is 0 Å². The van der Waals surface area contributed by atoms with Gasteiger partial charge < -0.3 is 20.1 Å². The van der Waals surface area contributed by atoms with Crippen LogP contribution >= 0.6 is 0 Å². The lowest BCUT2D eigenvalue weighted by Crippen LogP contribution is -2.28. The standard InChI is InChI=1S/C24H24N2O4/c1-16(17-10-5-4-6-11-17)25-23(27)18-12-7-8-13-19(18)26-24(28)22-20(29-2)14-9-15-21(22)30-3/h4-16H,1-3H3,(H,25,27)(H,26,28)/t16-/m0/s1. The molecule has 3 aromatic rings. The minimum Gasteiger partial charge on any atom is -0.496 e. The number of hydrogen-bond donors (Lipinski definition) is 2. The number of methoxy groups -OCH3 is 2. The van der Waals surface area contributed by atoms with Crippen molar-refractivity contribution in [1.29, 1.82) is 0 Å². The zero-order chi connectivity index (χ0) is 21.5. The average Bonchev–Trinajstić information content (AvgIpc) is 2.79. The molecule has 1 atom stereocenters. The van der Waals surface area contributed by atoms with E-state index in [0.29, 0.717) is 22.7 Å². The molecule has 0 heterocycles. The predicted octanol–water partition coefficient (Wildman–Crippen LogP) is 4.45. The smallest absolute Gasteiger partial charge is 0.263 e. The highest BCUT2D eigenvalue weighted by Gasteiger charge is 2.21. The molecule has 154 valence electrons. The van der Waals surface area contributed by atoms with Gasteiger partial charge in [-0.15, -0.1) is 0 Å². The molecule has 0 spiro atoms. The monoisotopic (exact) mass is 404 g/mol. The topological polar surface area (TPSA) is 76.7 Å². The van der Waals surface area contributed by atoms with Gasteiger partial charge in [0.1, 0.15) is 17.1 Å². The third-order valence-corrected chi connectivity index (χ3v) is 4.72. The van der Waals surface area contributed by atoms with Crippen molar-refractivity contribution in [2.75, 3.05) is 19.5 Å². The number of nitrogens with one attached hydrogen (secondary N) is 2. The summed E-state index contributed by atoms with van der Waals surface area (Å²) < 4.78 is 10.6. The van der Waals surface area contributed by atoms with E-state index >= 15 is 0 Å². The Labute approximate surface area is 175 Å². The van der Waals surface area contributed by atoms with E-state index in [2.05, 4.69) is 10.6 Å². The number of rotatable bonds is 7. The summed E-state index contributed by atoms with van der Waals surface area (Å²) >= 11 is 0. The fourth-order valence-corrected chi connectivity index (χ4v) is 3.15. The van der Waals surface area contributed by atoms with E-state index in [9.17, 15) is 9.59 Å². The molecule has 2 N–H and O–H groups in total. The normalized spacial score (nSPS) is 11.3. The lowest BCUT2D eigenvalue weighted by Gasteiger charge is -2.17. The molecular weight excluding hydrogens is 380 g/mol. The largest absolute Gasteiger partial charge is 0.496 e. The molecule has 0 aliphatic rings. The van der Waals surface area contributed by atoms with Gasteiger partial charge in [0.2, 0.25) is 0 Å². The van der Waals surface area contributed by atoms with Crippen molar-refractivity contribution in [3.8, 4) is 11.5 Å². The van der Waals surface area contributed by atoms with Gasteiger partial charge in [-0.1, -0.05) is 48.5 Å². The van der Waals surface area contributed by atoms with Crippen LogP contribution in [0.4, 0.5) is 5.69 Å². The fraction of sp³-hybridized carbons (Fsp3) is 0.167. The zero-order valence-corrected chi connectivity index (χ0v) is 17.1. The molecule has 0 aromatic heterocycles. The van der Waals surface area contributed by atoms with Crippen LogP contribution < -0.4 is 20.1 Å². The number of ether oxygens (including phenoxy) is 2. The Morgan fingerprint density at radius 3 is 2.00 bits per heavy atom. The Balaban J connectivity index is 1.84. The number of carbonyl (C=O) groups excluding carboxylic acids is 2. The highest BCUT2D eigenvalue weighted by Crippen LogP contribution is 2.29. The molecular formula is C24H24N2O4. The molecule has 0 fully saturated rings. The van der Waals surface area contributed by atoms with Crippen molar-refractivity contribution < 1.29 is 19.1 Å². The van der Waals surface area contributed by atoms with E-state index in [1.807, 2.05) is 37.3 Å². The van der Waals surface area contributed by atoms with E-state index < -0.39 is 5.91 Å². The first-order valence-corrected chi connectivity index (χ1v) is 9.52. The third kappa shape index (κ3) is 4.60. The summed E-state index contributed by atoms with van der Waals surface area (Å²) in [4.78, 5) is 25.9. The number of anilines is 1. The summed E-state index contributed by atoms with van der Waals surface area (Å²) in [6.45, 7) is 1.91. The van der Waals surface area contributed by atoms with E-state index in [4.69, 9.17) is 9.47 Å². The minimum absolute atomic E-state index is 0.184. The molecule has 2 amide bonds. The summed E-state index contributed by atoms with van der Waals surface area (Å²) in [6.07, 6.45) is 0. The van der Waals surface area contributed by atoms with Crippen LogP contribution in [0.15, 0.2) is 72.8 Å². The van der Waals surface area contributed by atoms with Crippen LogP contribution in [0.1, 0.15) is 39.2 Å². The molecule has 6 heteroatoms. The maximum absolute atomic E-state index is 13.0. The predicted molar refractivity (Wildman–Crippen MR) is 116 cm³/mol. The molecule has 6 nitrogen and oxygen atoms in total. The highest BCUT2D eigenvalue weighted by atomic mass is 16.5. The summed E-state index contributed by atoms with van der Waals surface area (Å²) in [5, 5.41) is 5.78. The van der Waals surface area contributed by atoms with Crippen LogP contribution in [-0.2, 0) is 0 Å². The molecule has 0 saturated carbocycles. The first-order valence-electron chi connectivity index (χ1n) is 9.52.